The Balaban J connectivity index is 2.69. The molecule has 0 aromatic heterocycles. The van der Waals surface area contributed by atoms with Crippen molar-refractivity contribution in [1.82, 2.24) is 5.32 Å². The van der Waals surface area contributed by atoms with Gasteiger partial charge in [-0.25, -0.2) is 0 Å². The molecule has 2 heteroatoms. The molecule has 15 heavy (non-hydrogen) atoms. The van der Waals surface area contributed by atoms with Crippen LogP contribution in [0.15, 0.2) is 0 Å². The second kappa shape index (κ2) is 6.15. The summed E-state index contributed by atoms with van der Waals surface area (Å²) in [5, 5.41) is 3.38. The van der Waals surface area contributed by atoms with Crippen molar-refractivity contribution in [2.75, 3.05) is 13.7 Å². The van der Waals surface area contributed by atoms with E-state index in [1.54, 1.807) is 0 Å². The Bertz CT molecular complexity index is 233. The summed E-state index contributed by atoms with van der Waals surface area (Å²) in [6.45, 7) is 4.78. The maximum Gasteiger partial charge on any atom is 0.0843 e. The highest BCUT2D eigenvalue weighted by Gasteiger charge is 2.40. The summed E-state index contributed by atoms with van der Waals surface area (Å²) in [5.74, 6) is 6.14. The second-order valence-corrected chi connectivity index (χ2v) is 4.18. The molecule has 0 aliphatic heterocycles. The van der Waals surface area contributed by atoms with Crippen molar-refractivity contribution in [2.45, 2.75) is 57.6 Å². The first-order valence-corrected chi connectivity index (χ1v) is 6.00. The number of ether oxygens (including phenoxy) is 1. The summed E-state index contributed by atoms with van der Waals surface area (Å²) >= 11 is 0. The first kappa shape index (κ1) is 12.5. The lowest BCUT2D eigenvalue weighted by Gasteiger charge is -2.36. The van der Waals surface area contributed by atoms with Crippen molar-refractivity contribution in [3.63, 3.8) is 0 Å². The average Bonchev–Trinajstić information content (AvgIpc) is 2.69. The minimum atomic E-state index is 0.0490. The van der Waals surface area contributed by atoms with Crippen LogP contribution in [-0.4, -0.2) is 25.3 Å². The molecule has 1 rings (SSSR count). The van der Waals surface area contributed by atoms with Crippen LogP contribution in [0.2, 0.25) is 0 Å². The number of nitrogens with one attached hydrogen (secondary N) is 1. The first-order valence-electron chi connectivity index (χ1n) is 6.00. The van der Waals surface area contributed by atoms with E-state index in [4.69, 9.17) is 4.74 Å². The monoisotopic (exact) mass is 209 g/mol. The molecule has 1 aliphatic rings. The van der Waals surface area contributed by atoms with E-state index in [0.717, 1.165) is 13.0 Å². The zero-order chi connectivity index (χ0) is 11.1. The molecule has 0 heterocycles. The summed E-state index contributed by atoms with van der Waals surface area (Å²) in [6, 6.07) is 0.382. The lowest BCUT2D eigenvalue weighted by atomic mass is 9.89. The maximum absolute atomic E-state index is 6.01. The average molecular weight is 209 g/mol. The molecule has 1 saturated carbocycles. The fraction of sp³-hybridized carbons (Fsp3) is 0.846. The molecule has 1 aliphatic carbocycles. The van der Waals surface area contributed by atoms with Gasteiger partial charge in [0.05, 0.1) is 5.60 Å². The highest BCUT2D eigenvalue weighted by molar-refractivity contribution is 5.05. The summed E-state index contributed by atoms with van der Waals surface area (Å²) in [4.78, 5) is 0. The smallest absolute Gasteiger partial charge is 0.0843 e. The molecule has 0 aromatic carbocycles. The van der Waals surface area contributed by atoms with E-state index in [1.165, 1.54) is 25.7 Å². The highest BCUT2D eigenvalue weighted by atomic mass is 16.5. The Morgan fingerprint density at radius 3 is 2.53 bits per heavy atom. The van der Waals surface area contributed by atoms with Crippen molar-refractivity contribution in [2.24, 2.45) is 0 Å². The lowest BCUT2D eigenvalue weighted by Crippen LogP contribution is -2.49. The SMILES string of the molecule is CC#CCC(NC)C1(OCC)CCCC1. The van der Waals surface area contributed by atoms with Crippen LogP contribution in [0.5, 0.6) is 0 Å². The van der Waals surface area contributed by atoms with Gasteiger partial charge in [0.1, 0.15) is 0 Å². The van der Waals surface area contributed by atoms with Gasteiger partial charge in [-0.3, -0.25) is 0 Å². The normalized spacial score (nSPS) is 20.7. The lowest BCUT2D eigenvalue weighted by molar-refractivity contribution is -0.0586. The zero-order valence-electron chi connectivity index (χ0n) is 10.2. The van der Waals surface area contributed by atoms with Gasteiger partial charge in [0, 0.05) is 19.1 Å². The molecule has 86 valence electrons. The third kappa shape index (κ3) is 2.96. The zero-order valence-corrected chi connectivity index (χ0v) is 10.2. The van der Waals surface area contributed by atoms with Crippen LogP contribution < -0.4 is 5.32 Å². The predicted octanol–water partition coefficient (Wildman–Crippen LogP) is 2.34. The Morgan fingerprint density at radius 1 is 1.40 bits per heavy atom. The van der Waals surface area contributed by atoms with E-state index in [9.17, 15) is 0 Å². The fourth-order valence-electron chi connectivity index (χ4n) is 2.61. The van der Waals surface area contributed by atoms with Gasteiger partial charge in [-0.05, 0) is 33.7 Å². The third-order valence-corrected chi connectivity index (χ3v) is 3.35. The Morgan fingerprint density at radius 2 is 2.07 bits per heavy atom. The van der Waals surface area contributed by atoms with E-state index in [2.05, 4.69) is 24.1 Å². The van der Waals surface area contributed by atoms with Gasteiger partial charge in [-0.2, -0.15) is 0 Å². The summed E-state index contributed by atoms with van der Waals surface area (Å²) in [6.07, 6.45) is 5.83. The number of likely N-dealkylation sites (N-methyl/N-ethyl adjacent to an activating group) is 1. The van der Waals surface area contributed by atoms with Gasteiger partial charge in [0.25, 0.3) is 0 Å². The van der Waals surface area contributed by atoms with Crippen molar-refractivity contribution < 1.29 is 4.74 Å². The van der Waals surface area contributed by atoms with Gasteiger partial charge in [-0.1, -0.05) is 12.8 Å². The van der Waals surface area contributed by atoms with Crippen molar-refractivity contribution >= 4 is 0 Å². The molecule has 0 spiro atoms. The van der Waals surface area contributed by atoms with Crippen LogP contribution in [-0.2, 0) is 4.74 Å². The summed E-state index contributed by atoms with van der Waals surface area (Å²) in [5.41, 5.74) is 0.0490. The topological polar surface area (TPSA) is 21.3 Å². The van der Waals surface area contributed by atoms with Gasteiger partial charge in [0.2, 0.25) is 0 Å². The molecule has 1 fully saturated rings. The van der Waals surface area contributed by atoms with E-state index in [1.807, 2.05) is 14.0 Å². The van der Waals surface area contributed by atoms with Gasteiger partial charge < -0.3 is 10.1 Å². The van der Waals surface area contributed by atoms with Crippen LogP contribution in [0.1, 0.15) is 46.0 Å². The first-order chi connectivity index (χ1) is 7.29. The van der Waals surface area contributed by atoms with Crippen molar-refractivity contribution in [1.29, 1.82) is 0 Å². The van der Waals surface area contributed by atoms with Crippen LogP contribution in [0.25, 0.3) is 0 Å². The van der Waals surface area contributed by atoms with E-state index >= 15 is 0 Å². The Hall–Kier alpha value is -0.520. The van der Waals surface area contributed by atoms with E-state index in [0.29, 0.717) is 6.04 Å². The van der Waals surface area contributed by atoms with Crippen LogP contribution >= 0.6 is 0 Å². The molecule has 0 radical (unpaired) electrons. The standard InChI is InChI=1S/C13H23NO/c1-4-6-9-12(14-3)13(15-5-2)10-7-8-11-13/h12,14H,5,7-11H2,1-3H3. The van der Waals surface area contributed by atoms with Crippen LogP contribution in [0, 0.1) is 11.8 Å². The molecular formula is C13H23NO. The quantitative estimate of drug-likeness (QED) is 0.702. The predicted molar refractivity (Wildman–Crippen MR) is 63.7 cm³/mol. The molecule has 0 bridgehead atoms. The Labute approximate surface area is 93.8 Å². The van der Waals surface area contributed by atoms with Gasteiger partial charge >= 0.3 is 0 Å². The van der Waals surface area contributed by atoms with E-state index in [-0.39, 0.29) is 5.60 Å². The minimum Gasteiger partial charge on any atom is -0.374 e. The molecule has 0 saturated heterocycles. The summed E-state index contributed by atoms with van der Waals surface area (Å²) in [7, 11) is 2.01. The summed E-state index contributed by atoms with van der Waals surface area (Å²) < 4.78 is 6.01. The van der Waals surface area contributed by atoms with Crippen LogP contribution in [0.4, 0.5) is 0 Å². The highest BCUT2D eigenvalue weighted by Crippen LogP contribution is 2.37. The molecule has 2 nitrogen and oxygen atoms in total. The van der Waals surface area contributed by atoms with Crippen LogP contribution in [0.3, 0.4) is 0 Å². The fourth-order valence-corrected chi connectivity index (χ4v) is 2.61. The number of hydrogen-bond donors (Lipinski definition) is 1. The van der Waals surface area contributed by atoms with Crippen molar-refractivity contribution in [3.05, 3.63) is 0 Å². The Kier molecular flexibility index (Phi) is 5.14. The maximum atomic E-state index is 6.01. The molecule has 0 aromatic rings. The molecule has 0 amide bonds. The van der Waals surface area contributed by atoms with Gasteiger partial charge in [-0.15, -0.1) is 11.8 Å². The number of rotatable bonds is 5. The molecule has 1 unspecified atom stereocenters. The second-order valence-electron chi connectivity index (χ2n) is 4.18. The molecule has 1 N–H and O–H groups in total. The molecular weight excluding hydrogens is 186 g/mol. The van der Waals surface area contributed by atoms with E-state index < -0.39 is 0 Å². The van der Waals surface area contributed by atoms with Crippen molar-refractivity contribution in [3.8, 4) is 11.8 Å². The number of hydrogen-bond acceptors (Lipinski definition) is 2. The van der Waals surface area contributed by atoms with Gasteiger partial charge in [0.15, 0.2) is 0 Å². The minimum absolute atomic E-state index is 0.0490. The largest absolute Gasteiger partial charge is 0.374 e. The molecule has 1 atom stereocenters. The third-order valence-electron chi connectivity index (χ3n) is 3.35.